The number of rotatable bonds is 4. The summed E-state index contributed by atoms with van der Waals surface area (Å²) in [6.07, 6.45) is 5.45. The van der Waals surface area contributed by atoms with Crippen molar-refractivity contribution in [2.75, 3.05) is 20.2 Å². The highest BCUT2D eigenvalue weighted by Crippen LogP contribution is 2.34. The van der Waals surface area contributed by atoms with Crippen molar-refractivity contribution in [3.8, 4) is 17.1 Å². The van der Waals surface area contributed by atoms with Crippen LogP contribution in [0.2, 0.25) is 0 Å². The normalized spacial score (nSPS) is 16.9. The zero-order valence-electron chi connectivity index (χ0n) is 13.5. The molecule has 1 aliphatic rings. The third-order valence-electron chi connectivity index (χ3n) is 4.53. The summed E-state index contributed by atoms with van der Waals surface area (Å²) in [5, 5.41) is 12.0. The van der Waals surface area contributed by atoms with Gasteiger partial charge in [0.15, 0.2) is 0 Å². The number of nitrogens with one attached hydrogen (secondary N) is 1. The molecule has 0 unspecified atom stereocenters. The third-order valence-corrected chi connectivity index (χ3v) is 4.53. The zero-order valence-corrected chi connectivity index (χ0v) is 13.5. The van der Waals surface area contributed by atoms with E-state index in [-0.39, 0.29) is 0 Å². The topological polar surface area (TPSA) is 78.0 Å². The van der Waals surface area contributed by atoms with Crippen LogP contribution in [0.1, 0.15) is 18.7 Å². The van der Waals surface area contributed by atoms with E-state index in [1.807, 2.05) is 41.2 Å². The summed E-state index contributed by atoms with van der Waals surface area (Å²) in [7, 11) is 1.64. The number of piperidine rings is 1. The Kier molecular flexibility index (Phi) is 3.78. The van der Waals surface area contributed by atoms with Crippen LogP contribution in [0.5, 0.6) is 5.75 Å². The first kappa shape index (κ1) is 14.9. The molecule has 1 saturated heterocycles. The molecule has 124 valence electrons. The van der Waals surface area contributed by atoms with Crippen LogP contribution in [-0.2, 0) is 5.54 Å². The molecule has 3 heterocycles. The number of hydrogen-bond acceptors (Lipinski definition) is 6. The highest BCUT2D eigenvalue weighted by atomic mass is 16.5. The molecule has 0 amide bonds. The summed E-state index contributed by atoms with van der Waals surface area (Å²) in [5.74, 6) is 1.93. The minimum Gasteiger partial charge on any atom is -0.497 e. The first-order valence-electron chi connectivity index (χ1n) is 8.01. The van der Waals surface area contributed by atoms with E-state index in [1.165, 1.54) is 0 Å². The lowest BCUT2D eigenvalue weighted by Crippen LogP contribution is -2.45. The Hall–Kier alpha value is -2.67. The highest BCUT2D eigenvalue weighted by Gasteiger charge is 2.41. The molecule has 2 aromatic heterocycles. The molecular formula is C17H19N5O2. The van der Waals surface area contributed by atoms with Crippen LogP contribution in [0, 0.1) is 0 Å². The maximum atomic E-state index is 5.67. The second-order valence-corrected chi connectivity index (χ2v) is 5.89. The number of hydrogen-bond donors (Lipinski definition) is 1. The molecule has 7 nitrogen and oxygen atoms in total. The average molecular weight is 325 g/mol. The minimum atomic E-state index is -0.390. The van der Waals surface area contributed by atoms with Crippen molar-refractivity contribution in [3.05, 3.63) is 48.6 Å². The van der Waals surface area contributed by atoms with Crippen molar-refractivity contribution >= 4 is 0 Å². The van der Waals surface area contributed by atoms with Gasteiger partial charge >= 0.3 is 0 Å². The van der Waals surface area contributed by atoms with Gasteiger partial charge in [-0.2, -0.15) is 10.1 Å². The van der Waals surface area contributed by atoms with Crippen molar-refractivity contribution < 1.29 is 9.26 Å². The fourth-order valence-corrected chi connectivity index (χ4v) is 3.20. The standard InChI is InChI=1S/C17H19N5O2/c1-23-14-5-2-4-13(12-14)15-20-16(24-21-15)17(6-9-18-10-7-17)22-11-3-8-19-22/h2-5,8,11-12,18H,6-7,9-10H2,1H3. The van der Waals surface area contributed by atoms with Gasteiger partial charge in [-0.15, -0.1) is 0 Å². The zero-order chi connectivity index (χ0) is 16.4. The number of methoxy groups -OCH3 is 1. The SMILES string of the molecule is COc1cccc(-c2noc(C3(n4cccn4)CCNCC3)n2)c1. The molecule has 0 bridgehead atoms. The molecule has 0 aliphatic carbocycles. The molecule has 4 rings (SSSR count). The molecule has 0 saturated carbocycles. The second-order valence-electron chi connectivity index (χ2n) is 5.89. The van der Waals surface area contributed by atoms with Gasteiger partial charge in [0.1, 0.15) is 11.3 Å². The van der Waals surface area contributed by atoms with Crippen LogP contribution >= 0.6 is 0 Å². The van der Waals surface area contributed by atoms with Crippen molar-refractivity contribution in [2.45, 2.75) is 18.4 Å². The van der Waals surface area contributed by atoms with Crippen LogP contribution in [-0.4, -0.2) is 40.1 Å². The quantitative estimate of drug-likeness (QED) is 0.791. The predicted molar refractivity (Wildman–Crippen MR) is 87.7 cm³/mol. The van der Waals surface area contributed by atoms with Crippen LogP contribution < -0.4 is 10.1 Å². The maximum absolute atomic E-state index is 5.67. The molecular weight excluding hydrogens is 306 g/mol. The summed E-state index contributed by atoms with van der Waals surface area (Å²) in [5.41, 5.74) is 0.479. The Bertz CT molecular complexity index is 806. The van der Waals surface area contributed by atoms with E-state index >= 15 is 0 Å². The Morgan fingerprint density at radius 1 is 1.25 bits per heavy atom. The van der Waals surface area contributed by atoms with E-state index in [0.717, 1.165) is 37.2 Å². The summed E-state index contributed by atoms with van der Waals surface area (Å²) in [6.45, 7) is 1.77. The Balaban J connectivity index is 1.74. The van der Waals surface area contributed by atoms with Crippen molar-refractivity contribution in [1.82, 2.24) is 25.2 Å². The van der Waals surface area contributed by atoms with Gasteiger partial charge in [-0.05, 0) is 44.1 Å². The van der Waals surface area contributed by atoms with E-state index in [2.05, 4.69) is 20.6 Å². The lowest BCUT2D eigenvalue weighted by Gasteiger charge is -2.34. The molecule has 1 aromatic carbocycles. The molecule has 24 heavy (non-hydrogen) atoms. The van der Waals surface area contributed by atoms with E-state index in [0.29, 0.717) is 11.7 Å². The number of benzene rings is 1. The van der Waals surface area contributed by atoms with E-state index < -0.39 is 5.54 Å². The van der Waals surface area contributed by atoms with Crippen molar-refractivity contribution in [3.63, 3.8) is 0 Å². The van der Waals surface area contributed by atoms with Crippen LogP contribution in [0.25, 0.3) is 11.4 Å². The molecule has 0 spiro atoms. The molecule has 1 fully saturated rings. The first-order valence-corrected chi connectivity index (χ1v) is 8.01. The largest absolute Gasteiger partial charge is 0.497 e. The van der Waals surface area contributed by atoms with Crippen molar-refractivity contribution in [2.24, 2.45) is 0 Å². The molecule has 0 atom stereocenters. The lowest BCUT2D eigenvalue weighted by molar-refractivity contribution is 0.172. The first-order chi connectivity index (χ1) is 11.8. The monoisotopic (exact) mass is 325 g/mol. The van der Waals surface area contributed by atoms with Crippen molar-refractivity contribution in [1.29, 1.82) is 0 Å². The van der Waals surface area contributed by atoms with E-state index in [9.17, 15) is 0 Å². The summed E-state index contributed by atoms with van der Waals surface area (Å²) >= 11 is 0. The maximum Gasteiger partial charge on any atom is 0.255 e. The fourth-order valence-electron chi connectivity index (χ4n) is 3.20. The average Bonchev–Trinajstić information content (AvgIpc) is 3.35. The molecule has 7 heteroatoms. The van der Waals surface area contributed by atoms with E-state index in [1.54, 1.807) is 13.3 Å². The van der Waals surface area contributed by atoms with Gasteiger partial charge in [-0.1, -0.05) is 17.3 Å². The number of ether oxygens (including phenoxy) is 1. The van der Waals surface area contributed by atoms with Gasteiger partial charge in [0.25, 0.3) is 5.89 Å². The van der Waals surface area contributed by atoms with Gasteiger partial charge in [0, 0.05) is 18.0 Å². The Labute approximate surface area is 139 Å². The minimum absolute atomic E-state index is 0.390. The van der Waals surface area contributed by atoms with Crippen LogP contribution in [0.4, 0.5) is 0 Å². The van der Waals surface area contributed by atoms with Gasteiger partial charge < -0.3 is 14.6 Å². The Morgan fingerprint density at radius 3 is 2.88 bits per heavy atom. The molecule has 1 N–H and O–H groups in total. The summed E-state index contributed by atoms with van der Waals surface area (Å²) in [6, 6.07) is 9.57. The smallest absolute Gasteiger partial charge is 0.255 e. The highest BCUT2D eigenvalue weighted by molar-refractivity contribution is 5.57. The molecule has 0 radical (unpaired) electrons. The van der Waals surface area contributed by atoms with Crippen LogP contribution in [0.3, 0.4) is 0 Å². The molecule has 1 aliphatic heterocycles. The number of nitrogens with zero attached hydrogens (tertiary/aromatic N) is 4. The lowest BCUT2D eigenvalue weighted by atomic mass is 9.88. The Morgan fingerprint density at radius 2 is 2.12 bits per heavy atom. The predicted octanol–water partition coefficient (Wildman–Crippen LogP) is 2.07. The second kappa shape index (κ2) is 6.09. The van der Waals surface area contributed by atoms with Crippen LogP contribution in [0.15, 0.2) is 47.2 Å². The van der Waals surface area contributed by atoms with Gasteiger partial charge in [0.05, 0.1) is 7.11 Å². The van der Waals surface area contributed by atoms with E-state index in [4.69, 9.17) is 9.26 Å². The summed E-state index contributed by atoms with van der Waals surface area (Å²) < 4.78 is 12.9. The fraction of sp³-hybridized carbons (Fsp3) is 0.353. The third kappa shape index (κ3) is 2.46. The van der Waals surface area contributed by atoms with Gasteiger partial charge in [-0.3, -0.25) is 4.68 Å². The summed E-state index contributed by atoms with van der Waals surface area (Å²) in [4.78, 5) is 4.69. The number of aromatic nitrogens is 4. The molecule has 3 aromatic rings. The van der Waals surface area contributed by atoms with Gasteiger partial charge in [-0.25, -0.2) is 0 Å². The van der Waals surface area contributed by atoms with Gasteiger partial charge in [0.2, 0.25) is 5.82 Å².